The molecule has 0 amide bonds. The second-order valence-electron chi connectivity index (χ2n) is 6.67. The molecule has 0 aliphatic carbocycles. The summed E-state index contributed by atoms with van der Waals surface area (Å²) < 4.78 is 171. The highest BCUT2D eigenvalue weighted by molar-refractivity contribution is 5.29. The van der Waals surface area contributed by atoms with E-state index in [0.29, 0.717) is 6.42 Å². The van der Waals surface area contributed by atoms with E-state index in [1.54, 1.807) is 6.92 Å². The zero-order valence-electron chi connectivity index (χ0n) is 15.4. The smallest absolute Gasteiger partial charge is 0.388 e. The lowest BCUT2D eigenvalue weighted by molar-refractivity contribution is -0.440. The van der Waals surface area contributed by atoms with Gasteiger partial charge in [0.15, 0.2) is 0 Å². The second-order valence-corrected chi connectivity index (χ2v) is 6.67. The molecule has 31 heavy (non-hydrogen) atoms. The van der Waals surface area contributed by atoms with Crippen LogP contribution < -0.4 is 0 Å². The van der Waals surface area contributed by atoms with Crippen LogP contribution in [0.1, 0.15) is 37.0 Å². The maximum Gasteiger partial charge on any atom is 0.460 e. The number of rotatable bonds is 9. The molecular formula is C17H15F13O. The molecule has 0 aliphatic heterocycles. The van der Waals surface area contributed by atoms with Crippen molar-refractivity contribution in [3.63, 3.8) is 0 Å². The van der Waals surface area contributed by atoms with Crippen LogP contribution in [0.5, 0.6) is 0 Å². The third-order valence-corrected chi connectivity index (χ3v) is 4.38. The van der Waals surface area contributed by atoms with Gasteiger partial charge in [0.05, 0.1) is 6.10 Å². The van der Waals surface area contributed by atoms with Crippen molar-refractivity contribution < 1.29 is 62.2 Å². The molecule has 0 radical (unpaired) electrons. The van der Waals surface area contributed by atoms with Crippen molar-refractivity contribution in [1.29, 1.82) is 0 Å². The quantitative estimate of drug-likeness (QED) is 0.384. The molecule has 1 rings (SSSR count). The van der Waals surface area contributed by atoms with Gasteiger partial charge >= 0.3 is 35.8 Å². The number of aliphatic hydroxyl groups excluding tert-OH is 1. The SMILES string of the molecule is CCCc1ccccc1C(O)CC(F)(F)C(F)(F)C(F)(F)C(F)(F)C(F)(F)C(F)(F)F. The van der Waals surface area contributed by atoms with Crippen molar-refractivity contribution in [2.75, 3.05) is 0 Å². The minimum absolute atomic E-state index is 0.0984. The monoisotopic (exact) mass is 482 g/mol. The first-order valence-electron chi connectivity index (χ1n) is 8.40. The maximum atomic E-state index is 13.9. The highest BCUT2D eigenvalue weighted by Gasteiger charge is 2.90. The summed E-state index contributed by atoms with van der Waals surface area (Å²) in [5.74, 6) is -37.3. The number of benzene rings is 1. The third kappa shape index (κ3) is 4.44. The van der Waals surface area contributed by atoms with Gasteiger partial charge in [-0.3, -0.25) is 0 Å². The molecule has 1 N–H and O–H groups in total. The van der Waals surface area contributed by atoms with Crippen LogP contribution in [0.25, 0.3) is 0 Å². The second kappa shape index (κ2) is 8.32. The molecular weight excluding hydrogens is 467 g/mol. The van der Waals surface area contributed by atoms with Gasteiger partial charge in [0.2, 0.25) is 0 Å². The Hall–Kier alpha value is -1.73. The van der Waals surface area contributed by atoms with Crippen LogP contribution in [0.15, 0.2) is 24.3 Å². The van der Waals surface area contributed by atoms with Crippen molar-refractivity contribution in [3.8, 4) is 0 Å². The average molecular weight is 482 g/mol. The summed E-state index contributed by atoms with van der Waals surface area (Å²) in [7, 11) is 0. The lowest BCUT2D eigenvalue weighted by atomic mass is 9.89. The van der Waals surface area contributed by atoms with E-state index in [1.807, 2.05) is 0 Å². The summed E-state index contributed by atoms with van der Waals surface area (Å²) in [6.07, 6.45) is -12.3. The summed E-state index contributed by atoms with van der Waals surface area (Å²) in [6.45, 7) is 1.59. The van der Waals surface area contributed by atoms with Crippen LogP contribution in [0, 0.1) is 0 Å². The molecule has 1 aromatic rings. The van der Waals surface area contributed by atoms with E-state index in [1.165, 1.54) is 12.1 Å². The number of halogens is 13. The van der Waals surface area contributed by atoms with Gasteiger partial charge in [-0.2, -0.15) is 57.1 Å². The van der Waals surface area contributed by atoms with Crippen LogP contribution in [-0.2, 0) is 6.42 Å². The van der Waals surface area contributed by atoms with E-state index < -0.39 is 53.9 Å². The Morgan fingerprint density at radius 2 is 1.16 bits per heavy atom. The van der Waals surface area contributed by atoms with Crippen molar-refractivity contribution in [2.45, 2.75) is 68.1 Å². The van der Waals surface area contributed by atoms with E-state index in [2.05, 4.69) is 0 Å². The Labute approximate surface area is 166 Å². The van der Waals surface area contributed by atoms with Gasteiger partial charge in [0.1, 0.15) is 0 Å². The molecule has 1 aromatic carbocycles. The average Bonchev–Trinajstić information content (AvgIpc) is 2.60. The van der Waals surface area contributed by atoms with Crippen LogP contribution in [0.3, 0.4) is 0 Å². The van der Waals surface area contributed by atoms with Gasteiger partial charge in [-0.1, -0.05) is 37.6 Å². The zero-order chi connectivity index (χ0) is 24.7. The minimum Gasteiger partial charge on any atom is -0.388 e. The Balaban J connectivity index is 3.37. The van der Waals surface area contributed by atoms with Crippen LogP contribution in [0.4, 0.5) is 57.1 Å². The topological polar surface area (TPSA) is 20.2 Å². The van der Waals surface area contributed by atoms with Gasteiger partial charge in [0, 0.05) is 6.42 Å². The number of alkyl halides is 13. The van der Waals surface area contributed by atoms with Gasteiger partial charge in [0.25, 0.3) is 0 Å². The summed E-state index contributed by atoms with van der Waals surface area (Å²) in [6, 6.07) is 4.68. The van der Waals surface area contributed by atoms with Crippen LogP contribution >= 0.6 is 0 Å². The Kier molecular flexibility index (Phi) is 7.33. The zero-order valence-corrected chi connectivity index (χ0v) is 15.4. The fourth-order valence-corrected chi connectivity index (χ4v) is 2.64. The third-order valence-electron chi connectivity index (χ3n) is 4.38. The normalized spacial score (nSPS) is 15.8. The van der Waals surface area contributed by atoms with E-state index in [0.717, 1.165) is 12.1 Å². The van der Waals surface area contributed by atoms with E-state index in [9.17, 15) is 62.2 Å². The summed E-state index contributed by atoms with van der Waals surface area (Å²) in [5, 5.41) is 9.81. The highest BCUT2D eigenvalue weighted by Crippen LogP contribution is 2.61. The number of aryl methyl sites for hydroxylation is 1. The largest absolute Gasteiger partial charge is 0.460 e. The first-order valence-corrected chi connectivity index (χ1v) is 8.40. The summed E-state index contributed by atoms with van der Waals surface area (Å²) >= 11 is 0. The first-order chi connectivity index (χ1) is 13.7. The van der Waals surface area contributed by atoms with E-state index >= 15 is 0 Å². The molecule has 0 aromatic heterocycles. The maximum absolute atomic E-state index is 13.9. The molecule has 0 saturated heterocycles. The number of aliphatic hydroxyl groups is 1. The van der Waals surface area contributed by atoms with Gasteiger partial charge in [-0.25, -0.2) is 0 Å². The van der Waals surface area contributed by atoms with Gasteiger partial charge in [-0.15, -0.1) is 0 Å². The Morgan fingerprint density at radius 1 is 0.710 bits per heavy atom. The molecule has 0 aliphatic rings. The molecule has 1 atom stereocenters. The standard InChI is InChI=1S/C17H15F13O/c1-2-5-9-6-3-4-7-10(9)11(31)8-12(18,19)13(20,21)14(22,23)15(24,25)16(26,27)17(28,29)30/h3-4,6-7,11,31H,2,5,8H2,1H3. The van der Waals surface area contributed by atoms with Gasteiger partial charge in [-0.05, 0) is 17.5 Å². The van der Waals surface area contributed by atoms with Gasteiger partial charge < -0.3 is 5.11 Å². The fourth-order valence-electron chi connectivity index (χ4n) is 2.64. The highest BCUT2D eigenvalue weighted by atomic mass is 19.4. The molecule has 180 valence electrons. The van der Waals surface area contributed by atoms with Crippen molar-refractivity contribution in [1.82, 2.24) is 0 Å². The molecule has 0 saturated carbocycles. The van der Waals surface area contributed by atoms with E-state index in [4.69, 9.17) is 0 Å². The minimum atomic E-state index is -7.95. The lowest BCUT2D eigenvalue weighted by Crippen LogP contribution is -2.70. The molecule has 0 heterocycles. The van der Waals surface area contributed by atoms with Crippen LogP contribution in [0.2, 0.25) is 0 Å². The molecule has 0 spiro atoms. The lowest BCUT2D eigenvalue weighted by Gasteiger charge is -2.40. The first kappa shape index (κ1) is 27.3. The Bertz CT molecular complexity index is 755. The van der Waals surface area contributed by atoms with Crippen molar-refractivity contribution in [3.05, 3.63) is 35.4 Å². The predicted octanol–water partition coefficient (Wildman–Crippen LogP) is 6.80. The Morgan fingerprint density at radius 3 is 1.61 bits per heavy atom. The fraction of sp³-hybridized carbons (Fsp3) is 0.647. The summed E-state index contributed by atoms with van der Waals surface area (Å²) in [5.41, 5.74) is -0.354. The molecule has 0 fully saturated rings. The molecule has 1 unspecified atom stereocenters. The number of hydrogen-bond donors (Lipinski definition) is 1. The predicted molar refractivity (Wildman–Crippen MR) is 80.8 cm³/mol. The summed E-state index contributed by atoms with van der Waals surface area (Å²) in [4.78, 5) is 0. The number of hydrogen-bond acceptors (Lipinski definition) is 1. The molecule has 1 nitrogen and oxygen atoms in total. The van der Waals surface area contributed by atoms with Crippen molar-refractivity contribution in [2.24, 2.45) is 0 Å². The molecule has 0 bridgehead atoms. The van der Waals surface area contributed by atoms with Crippen molar-refractivity contribution >= 4 is 0 Å². The molecule has 14 heteroatoms. The van der Waals surface area contributed by atoms with Crippen LogP contribution in [-0.4, -0.2) is 40.9 Å². The van der Waals surface area contributed by atoms with E-state index in [-0.39, 0.29) is 12.0 Å².